The van der Waals surface area contributed by atoms with E-state index in [-0.39, 0.29) is 18.2 Å². The van der Waals surface area contributed by atoms with Crippen LogP contribution in [0.5, 0.6) is 0 Å². The molecule has 0 saturated heterocycles. The molecule has 0 heterocycles. The van der Waals surface area contributed by atoms with E-state index in [2.05, 4.69) is 19.2 Å². The number of nitrogens with one attached hydrogen (secondary N) is 1. The van der Waals surface area contributed by atoms with Crippen LogP contribution in [0.4, 0.5) is 5.69 Å². The molecular formula is C21H23Cl2NO3. The van der Waals surface area contributed by atoms with Crippen LogP contribution in [0.2, 0.25) is 10.0 Å². The summed E-state index contributed by atoms with van der Waals surface area (Å²) in [4.78, 5) is 24.7. The second-order valence-corrected chi connectivity index (χ2v) is 7.51. The van der Waals surface area contributed by atoms with Crippen LogP contribution in [0.15, 0.2) is 36.4 Å². The van der Waals surface area contributed by atoms with E-state index in [1.165, 1.54) is 6.92 Å². The van der Waals surface area contributed by atoms with Gasteiger partial charge in [0.05, 0.1) is 6.42 Å². The maximum atomic E-state index is 12.5. The fourth-order valence-corrected chi connectivity index (χ4v) is 3.24. The predicted molar refractivity (Wildman–Crippen MR) is 110 cm³/mol. The molecule has 1 N–H and O–H groups in total. The Labute approximate surface area is 169 Å². The fourth-order valence-electron chi connectivity index (χ4n) is 2.71. The van der Waals surface area contributed by atoms with Crippen molar-refractivity contribution in [3.8, 4) is 0 Å². The van der Waals surface area contributed by atoms with Crippen LogP contribution < -0.4 is 5.32 Å². The zero-order chi connectivity index (χ0) is 20.1. The van der Waals surface area contributed by atoms with Gasteiger partial charge in [0.2, 0.25) is 0 Å². The highest BCUT2D eigenvalue weighted by molar-refractivity contribution is 6.36. The van der Waals surface area contributed by atoms with Crippen molar-refractivity contribution >= 4 is 40.8 Å². The first-order valence-corrected chi connectivity index (χ1v) is 9.49. The Morgan fingerprint density at radius 3 is 2.22 bits per heavy atom. The third kappa shape index (κ3) is 5.47. The summed E-state index contributed by atoms with van der Waals surface area (Å²) in [6, 6.07) is 10.9. The number of hydrogen-bond donors (Lipinski definition) is 1. The van der Waals surface area contributed by atoms with E-state index in [4.69, 9.17) is 27.9 Å². The Morgan fingerprint density at radius 2 is 1.63 bits per heavy atom. The maximum absolute atomic E-state index is 12.5. The number of anilines is 1. The summed E-state index contributed by atoms with van der Waals surface area (Å²) in [5.74, 6) is -0.702. The van der Waals surface area contributed by atoms with Gasteiger partial charge in [-0.1, -0.05) is 61.3 Å². The van der Waals surface area contributed by atoms with Gasteiger partial charge in [-0.3, -0.25) is 9.59 Å². The monoisotopic (exact) mass is 407 g/mol. The van der Waals surface area contributed by atoms with Gasteiger partial charge in [0, 0.05) is 21.3 Å². The van der Waals surface area contributed by atoms with Crippen molar-refractivity contribution in [1.29, 1.82) is 0 Å². The SMILES string of the molecule is Cc1cccc(C(C)C)c1NC(=O)[C@@H](C)OC(=O)Cc1c(Cl)cccc1Cl. The molecule has 1 atom stereocenters. The molecule has 0 unspecified atom stereocenters. The summed E-state index contributed by atoms with van der Waals surface area (Å²) in [5, 5.41) is 3.66. The summed E-state index contributed by atoms with van der Waals surface area (Å²) in [6.45, 7) is 7.58. The van der Waals surface area contributed by atoms with Crippen molar-refractivity contribution < 1.29 is 14.3 Å². The molecule has 0 aliphatic rings. The predicted octanol–water partition coefficient (Wildman–Crippen LogP) is 5.54. The standard InChI is InChI=1S/C21H23Cl2NO3/c1-12(2)15-8-5-7-13(3)20(15)24-21(26)14(4)27-19(25)11-16-17(22)9-6-10-18(16)23/h5-10,12,14H,11H2,1-4H3,(H,24,26)/t14-/m1/s1. The molecule has 0 fully saturated rings. The number of amides is 1. The van der Waals surface area contributed by atoms with Crippen LogP contribution in [-0.2, 0) is 20.7 Å². The summed E-state index contributed by atoms with van der Waals surface area (Å²) in [5.41, 5.74) is 3.23. The lowest BCUT2D eigenvalue weighted by Crippen LogP contribution is -2.31. The summed E-state index contributed by atoms with van der Waals surface area (Å²) in [6.07, 6.45) is -1.05. The Morgan fingerprint density at radius 1 is 1.04 bits per heavy atom. The summed E-state index contributed by atoms with van der Waals surface area (Å²) in [7, 11) is 0. The van der Waals surface area contributed by atoms with Gasteiger partial charge in [-0.2, -0.15) is 0 Å². The van der Waals surface area contributed by atoms with Gasteiger partial charge in [0.15, 0.2) is 6.10 Å². The summed E-state index contributed by atoms with van der Waals surface area (Å²) >= 11 is 12.1. The quantitative estimate of drug-likeness (QED) is 0.639. The lowest BCUT2D eigenvalue weighted by atomic mass is 9.98. The minimum atomic E-state index is -0.946. The number of hydrogen-bond acceptors (Lipinski definition) is 3. The van der Waals surface area contributed by atoms with E-state index >= 15 is 0 Å². The molecule has 0 radical (unpaired) electrons. The fraction of sp³-hybridized carbons (Fsp3) is 0.333. The molecule has 6 heteroatoms. The number of esters is 1. The topological polar surface area (TPSA) is 55.4 Å². The van der Waals surface area contributed by atoms with E-state index in [0.29, 0.717) is 15.6 Å². The highest BCUT2D eigenvalue weighted by Crippen LogP contribution is 2.28. The normalized spacial score (nSPS) is 12.0. The van der Waals surface area contributed by atoms with E-state index in [1.807, 2.05) is 25.1 Å². The maximum Gasteiger partial charge on any atom is 0.311 e. The first-order chi connectivity index (χ1) is 12.7. The molecule has 27 heavy (non-hydrogen) atoms. The number of para-hydroxylation sites is 1. The van der Waals surface area contributed by atoms with Gasteiger partial charge >= 0.3 is 5.97 Å². The van der Waals surface area contributed by atoms with E-state index in [9.17, 15) is 9.59 Å². The van der Waals surface area contributed by atoms with Crippen molar-refractivity contribution in [2.24, 2.45) is 0 Å². The Balaban J connectivity index is 2.05. The van der Waals surface area contributed by atoms with E-state index < -0.39 is 12.1 Å². The molecule has 2 rings (SSSR count). The van der Waals surface area contributed by atoms with Crippen molar-refractivity contribution in [3.63, 3.8) is 0 Å². The number of halogens is 2. The highest BCUT2D eigenvalue weighted by atomic mass is 35.5. The van der Waals surface area contributed by atoms with Crippen LogP contribution in [0.1, 0.15) is 43.4 Å². The second-order valence-electron chi connectivity index (χ2n) is 6.69. The molecule has 0 aromatic heterocycles. The average molecular weight is 408 g/mol. The van der Waals surface area contributed by atoms with Gasteiger partial charge in [-0.15, -0.1) is 0 Å². The first kappa shape index (κ1) is 21.3. The van der Waals surface area contributed by atoms with Gasteiger partial charge in [-0.05, 0) is 43.0 Å². The Kier molecular flexibility index (Phi) is 7.28. The Bertz CT molecular complexity index is 829. The number of ether oxygens (including phenoxy) is 1. The summed E-state index contributed by atoms with van der Waals surface area (Å²) < 4.78 is 5.27. The molecule has 2 aromatic carbocycles. The molecule has 1 amide bonds. The van der Waals surface area contributed by atoms with Crippen molar-refractivity contribution in [1.82, 2.24) is 0 Å². The number of aryl methyl sites for hydroxylation is 1. The van der Waals surface area contributed by atoms with Gasteiger partial charge in [0.1, 0.15) is 0 Å². The van der Waals surface area contributed by atoms with Crippen molar-refractivity contribution in [2.45, 2.75) is 46.1 Å². The molecule has 0 bridgehead atoms. The van der Waals surface area contributed by atoms with E-state index in [0.717, 1.165) is 16.8 Å². The second kappa shape index (κ2) is 9.25. The lowest BCUT2D eigenvalue weighted by Gasteiger charge is -2.19. The minimum absolute atomic E-state index is 0.0995. The molecule has 2 aromatic rings. The number of rotatable bonds is 6. The molecular weight excluding hydrogens is 385 g/mol. The van der Waals surface area contributed by atoms with Crippen LogP contribution in [0, 0.1) is 6.92 Å². The zero-order valence-electron chi connectivity index (χ0n) is 15.8. The van der Waals surface area contributed by atoms with Crippen LogP contribution >= 0.6 is 23.2 Å². The van der Waals surface area contributed by atoms with Gasteiger partial charge in [0.25, 0.3) is 5.91 Å². The third-order valence-electron chi connectivity index (χ3n) is 4.24. The molecule has 0 aliphatic heterocycles. The highest BCUT2D eigenvalue weighted by Gasteiger charge is 2.21. The van der Waals surface area contributed by atoms with Crippen LogP contribution in [0.25, 0.3) is 0 Å². The number of carbonyl (C=O) groups is 2. The third-order valence-corrected chi connectivity index (χ3v) is 4.94. The van der Waals surface area contributed by atoms with Crippen molar-refractivity contribution in [2.75, 3.05) is 5.32 Å². The zero-order valence-corrected chi connectivity index (χ0v) is 17.3. The first-order valence-electron chi connectivity index (χ1n) is 8.73. The molecule has 0 spiro atoms. The molecule has 0 aliphatic carbocycles. The Hall–Kier alpha value is -2.04. The van der Waals surface area contributed by atoms with Gasteiger partial charge in [-0.25, -0.2) is 0 Å². The largest absolute Gasteiger partial charge is 0.452 e. The van der Waals surface area contributed by atoms with E-state index in [1.54, 1.807) is 18.2 Å². The lowest BCUT2D eigenvalue weighted by molar-refractivity contribution is -0.152. The molecule has 144 valence electrons. The molecule has 0 saturated carbocycles. The van der Waals surface area contributed by atoms with Gasteiger partial charge < -0.3 is 10.1 Å². The van der Waals surface area contributed by atoms with Crippen molar-refractivity contribution in [3.05, 3.63) is 63.1 Å². The molecule has 4 nitrogen and oxygen atoms in total. The number of benzene rings is 2. The average Bonchev–Trinajstić information content (AvgIpc) is 2.59. The van der Waals surface area contributed by atoms with Crippen LogP contribution in [0.3, 0.4) is 0 Å². The smallest absolute Gasteiger partial charge is 0.311 e. The minimum Gasteiger partial charge on any atom is -0.452 e. The number of carbonyl (C=O) groups excluding carboxylic acids is 2. The van der Waals surface area contributed by atoms with Crippen LogP contribution in [-0.4, -0.2) is 18.0 Å².